The number of imidazole rings is 1. The molecule has 0 aromatic carbocycles. The van der Waals surface area contributed by atoms with Crippen LogP contribution in [0.4, 0.5) is 0 Å². The lowest BCUT2D eigenvalue weighted by Gasteiger charge is -2.51. The van der Waals surface area contributed by atoms with Gasteiger partial charge in [0, 0.05) is 51.9 Å². The molecule has 3 aliphatic heterocycles. The number of likely N-dealkylation sites (tertiary alicyclic amines) is 2. The summed E-state index contributed by atoms with van der Waals surface area (Å²) < 4.78 is 5.17. The van der Waals surface area contributed by atoms with Crippen molar-refractivity contribution in [3.05, 3.63) is 17.7 Å². The molecule has 7 nitrogen and oxygen atoms in total. The van der Waals surface area contributed by atoms with E-state index in [1.54, 1.807) is 13.4 Å². The smallest absolute Gasteiger partial charge is 0.249 e. The molecule has 2 fully saturated rings. The molecule has 0 unspecified atom stereocenters. The number of hydrogen-bond donors (Lipinski definition) is 1. The van der Waals surface area contributed by atoms with Gasteiger partial charge in [-0.25, -0.2) is 4.98 Å². The van der Waals surface area contributed by atoms with E-state index in [0.717, 1.165) is 57.1 Å². The lowest BCUT2D eigenvalue weighted by Crippen LogP contribution is -2.59. The minimum absolute atomic E-state index is 0.0930. The van der Waals surface area contributed by atoms with Crippen LogP contribution < -0.4 is 0 Å². The van der Waals surface area contributed by atoms with Crippen molar-refractivity contribution >= 4 is 5.91 Å². The van der Waals surface area contributed by atoms with Crippen molar-refractivity contribution in [2.24, 2.45) is 5.92 Å². The summed E-state index contributed by atoms with van der Waals surface area (Å²) in [7, 11) is 1.60. The van der Waals surface area contributed by atoms with E-state index in [-0.39, 0.29) is 18.1 Å². The van der Waals surface area contributed by atoms with Gasteiger partial charge in [-0.15, -0.1) is 0 Å². The fourth-order valence-corrected chi connectivity index (χ4v) is 5.61. The number of nitrogens with zero attached hydrogens (tertiary/aromatic N) is 4. The molecule has 2 saturated heterocycles. The number of amides is 1. The Morgan fingerprint density at radius 3 is 2.86 bits per heavy atom. The number of ether oxygens (including phenoxy) is 1. The van der Waals surface area contributed by atoms with Gasteiger partial charge in [0.25, 0.3) is 0 Å². The van der Waals surface area contributed by atoms with Crippen molar-refractivity contribution in [1.29, 1.82) is 0 Å². The van der Waals surface area contributed by atoms with Crippen LogP contribution in [0, 0.1) is 5.92 Å². The molecule has 1 atom stereocenters. The van der Waals surface area contributed by atoms with Crippen LogP contribution in [0.3, 0.4) is 0 Å². The Morgan fingerprint density at radius 1 is 1.29 bits per heavy atom. The number of piperidine rings is 2. The summed E-state index contributed by atoms with van der Waals surface area (Å²) >= 11 is 0. The third-order valence-corrected chi connectivity index (χ3v) is 7.08. The molecular formula is C21H35N5O2. The molecule has 0 radical (unpaired) electrons. The Labute approximate surface area is 168 Å². The van der Waals surface area contributed by atoms with Gasteiger partial charge in [0.05, 0.1) is 17.6 Å². The molecule has 0 saturated carbocycles. The second-order valence-electron chi connectivity index (χ2n) is 8.69. The van der Waals surface area contributed by atoms with Crippen molar-refractivity contribution in [2.45, 2.75) is 44.6 Å². The van der Waals surface area contributed by atoms with Crippen LogP contribution >= 0.6 is 0 Å². The number of carbonyl (C=O) groups is 1. The molecule has 1 amide bonds. The number of aromatic amines is 1. The molecule has 7 heteroatoms. The highest BCUT2D eigenvalue weighted by Gasteiger charge is 2.48. The predicted octanol–water partition coefficient (Wildman–Crippen LogP) is 1.46. The highest BCUT2D eigenvalue weighted by Crippen LogP contribution is 2.42. The maximum atomic E-state index is 12.8. The standard InChI is InChI=1S/C21H35N5O2/c1-3-24-9-4-5-17(13-24)14-25-11-7-21(8-12-25)20-18(22-16-23-20)6-10-26(21)19(27)15-28-2/h16-17H,3-15H2,1-2H3,(H,22,23)/t17-/m1/s1. The van der Waals surface area contributed by atoms with Crippen molar-refractivity contribution in [3.8, 4) is 0 Å². The highest BCUT2D eigenvalue weighted by atomic mass is 16.5. The van der Waals surface area contributed by atoms with Crippen LogP contribution in [0.5, 0.6) is 0 Å². The van der Waals surface area contributed by atoms with Crippen molar-refractivity contribution in [3.63, 3.8) is 0 Å². The zero-order valence-electron chi connectivity index (χ0n) is 17.5. The monoisotopic (exact) mass is 389 g/mol. The van der Waals surface area contributed by atoms with E-state index in [2.05, 4.69) is 31.6 Å². The Balaban J connectivity index is 1.45. The van der Waals surface area contributed by atoms with E-state index in [9.17, 15) is 4.79 Å². The number of carbonyl (C=O) groups excluding carboxylic acids is 1. The summed E-state index contributed by atoms with van der Waals surface area (Å²) in [5.41, 5.74) is 2.04. The first-order valence-corrected chi connectivity index (χ1v) is 10.9. The number of rotatable bonds is 5. The Hall–Kier alpha value is -1.44. The number of methoxy groups -OCH3 is 1. The third-order valence-electron chi connectivity index (χ3n) is 7.08. The maximum Gasteiger partial charge on any atom is 0.249 e. The Bertz CT molecular complexity index is 668. The first-order chi connectivity index (χ1) is 13.7. The maximum absolute atomic E-state index is 12.8. The largest absolute Gasteiger partial charge is 0.375 e. The van der Waals surface area contributed by atoms with Crippen LogP contribution in [0.15, 0.2) is 6.33 Å². The summed E-state index contributed by atoms with van der Waals surface area (Å²) in [5, 5.41) is 0. The molecule has 4 rings (SSSR count). The third kappa shape index (κ3) is 3.72. The average molecular weight is 390 g/mol. The second-order valence-corrected chi connectivity index (χ2v) is 8.69. The lowest BCUT2D eigenvalue weighted by molar-refractivity contribution is -0.146. The Kier molecular flexibility index (Phi) is 6.04. The van der Waals surface area contributed by atoms with Crippen LogP contribution in [-0.4, -0.2) is 90.1 Å². The normalized spacial score (nSPS) is 25.8. The van der Waals surface area contributed by atoms with E-state index in [4.69, 9.17) is 4.74 Å². The fraction of sp³-hybridized carbons (Fsp3) is 0.810. The highest BCUT2D eigenvalue weighted by molar-refractivity contribution is 5.79. The van der Waals surface area contributed by atoms with Crippen LogP contribution in [-0.2, 0) is 21.5 Å². The van der Waals surface area contributed by atoms with Crippen LogP contribution in [0.25, 0.3) is 0 Å². The van der Waals surface area contributed by atoms with Gasteiger partial charge >= 0.3 is 0 Å². The van der Waals surface area contributed by atoms with Gasteiger partial charge in [0.1, 0.15) is 6.61 Å². The molecule has 156 valence electrons. The number of hydrogen-bond acceptors (Lipinski definition) is 5. The van der Waals surface area contributed by atoms with Gasteiger partial charge in [-0.3, -0.25) is 4.79 Å². The summed E-state index contributed by atoms with van der Waals surface area (Å²) in [6.07, 6.45) is 7.25. The molecule has 0 aliphatic carbocycles. The fourth-order valence-electron chi connectivity index (χ4n) is 5.61. The number of fused-ring (bicyclic) bond motifs is 2. The first-order valence-electron chi connectivity index (χ1n) is 10.9. The summed E-state index contributed by atoms with van der Waals surface area (Å²) in [6.45, 7) is 10.1. The minimum Gasteiger partial charge on any atom is -0.375 e. The molecule has 1 N–H and O–H groups in total. The molecular weight excluding hydrogens is 354 g/mol. The quantitative estimate of drug-likeness (QED) is 0.826. The molecule has 1 aromatic rings. The van der Waals surface area contributed by atoms with Crippen molar-refractivity contribution < 1.29 is 9.53 Å². The van der Waals surface area contributed by atoms with E-state index in [1.165, 1.54) is 38.2 Å². The number of aromatic nitrogens is 2. The average Bonchev–Trinajstić information content (AvgIpc) is 3.20. The zero-order chi connectivity index (χ0) is 19.6. The molecule has 28 heavy (non-hydrogen) atoms. The number of H-pyrrole nitrogens is 1. The summed E-state index contributed by atoms with van der Waals surface area (Å²) in [5.74, 6) is 0.872. The van der Waals surface area contributed by atoms with Crippen LogP contribution in [0.1, 0.15) is 44.0 Å². The summed E-state index contributed by atoms with van der Waals surface area (Å²) in [4.78, 5) is 28.1. The molecule has 0 bridgehead atoms. The van der Waals surface area contributed by atoms with Gasteiger partial charge in [-0.05, 0) is 44.7 Å². The Morgan fingerprint density at radius 2 is 2.11 bits per heavy atom. The topological polar surface area (TPSA) is 64.7 Å². The predicted molar refractivity (Wildman–Crippen MR) is 108 cm³/mol. The van der Waals surface area contributed by atoms with Crippen molar-refractivity contribution in [1.82, 2.24) is 24.7 Å². The summed E-state index contributed by atoms with van der Waals surface area (Å²) in [6, 6.07) is 0. The SMILES string of the molecule is CCN1CCC[C@@H](CN2CCC3(CC2)c2nc[nH]c2CCN3C(=O)COC)C1. The van der Waals surface area contributed by atoms with Gasteiger partial charge in [0.15, 0.2) is 0 Å². The van der Waals surface area contributed by atoms with E-state index in [1.807, 2.05) is 0 Å². The van der Waals surface area contributed by atoms with E-state index < -0.39 is 0 Å². The lowest BCUT2D eigenvalue weighted by atomic mass is 9.78. The van der Waals surface area contributed by atoms with E-state index in [0.29, 0.717) is 0 Å². The molecule has 4 heterocycles. The van der Waals surface area contributed by atoms with Crippen molar-refractivity contribution in [2.75, 3.05) is 59.5 Å². The number of nitrogens with one attached hydrogen (secondary N) is 1. The molecule has 3 aliphatic rings. The van der Waals surface area contributed by atoms with Crippen LogP contribution in [0.2, 0.25) is 0 Å². The van der Waals surface area contributed by atoms with Gasteiger partial charge in [-0.2, -0.15) is 0 Å². The minimum atomic E-state index is -0.262. The van der Waals surface area contributed by atoms with Gasteiger partial charge < -0.3 is 24.4 Å². The van der Waals surface area contributed by atoms with Gasteiger partial charge in [0.2, 0.25) is 5.91 Å². The second kappa shape index (κ2) is 8.51. The molecule has 1 spiro atoms. The molecule has 1 aromatic heterocycles. The first kappa shape index (κ1) is 19.9. The zero-order valence-corrected chi connectivity index (χ0v) is 17.5. The van der Waals surface area contributed by atoms with Gasteiger partial charge in [-0.1, -0.05) is 6.92 Å². The van der Waals surface area contributed by atoms with E-state index >= 15 is 0 Å².